The number of rotatable bonds is 8. The maximum atomic E-state index is 14.4. The summed E-state index contributed by atoms with van der Waals surface area (Å²) in [5.74, 6) is 0.160. The highest BCUT2D eigenvalue weighted by Gasteiger charge is 2.35. The second kappa shape index (κ2) is 11.8. The minimum Gasteiger partial charge on any atom is -0.494 e. The molecule has 228 valence electrons. The van der Waals surface area contributed by atoms with E-state index >= 15 is 0 Å². The fourth-order valence-corrected chi connectivity index (χ4v) is 6.99. The van der Waals surface area contributed by atoms with E-state index in [1.165, 1.54) is 17.0 Å². The van der Waals surface area contributed by atoms with E-state index in [2.05, 4.69) is 56.3 Å². The standard InChI is InChI=1S/C31H32ClFN8O2S/c1-3-38-9-11-39(12-10-38)21-6-4-19(5-7-21)22-15-24(32)23-17-41(37-26(23)29(22)43-2)28(30(42)36-31-34-8-13-44-31)27-25-14-20(33)16-40(25)18-35-27/h4-8,13,15,17-18,20,28H,3,9-12,14,16H2,1-2H3,(H,34,36,42)/t20-,28?/m1/s1. The second-order valence-corrected chi connectivity index (χ2v) is 12.3. The average molecular weight is 635 g/mol. The summed E-state index contributed by atoms with van der Waals surface area (Å²) in [5, 5.41) is 11.1. The number of methoxy groups -OCH3 is 1. The van der Waals surface area contributed by atoms with E-state index in [4.69, 9.17) is 21.4 Å². The molecule has 5 heterocycles. The lowest BCUT2D eigenvalue weighted by Crippen LogP contribution is -2.46. The van der Waals surface area contributed by atoms with Crippen LogP contribution in [-0.2, 0) is 17.8 Å². The van der Waals surface area contributed by atoms with E-state index in [0.717, 1.165) is 43.9 Å². The molecule has 1 unspecified atom stereocenters. The number of thiazole rings is 1. The fraction of sp³-hybridized carbons (Fsp3) is 0.355. The number of ether oxygens (including phenoxy) is 1. The van der Waals surface area contributed by atoms with E-state index in [0.29, 0.717) is 38.2 Å². The van der Waals surface area contributed by atoms with E-state index in [1.54, 1.807) is 40.5 Å². The number of nitrogens with one attached hydrogen (secondary N) is 1. The van der Waals surface area contributed by atoms with Crippen LogP contribution in [0.3, 0.4) is 0 Å². The number of nitrogens with zero attached hydrogens (tertiary/aromatic N) is 7. The van der Waals surface area contributed by atoms with Crippen molar-refractivity contribution >= 4 is 50.6 Å². The predicted octanol–water partition coefficient (Wildman–Crippen LogP) is 5.28. The van der Waals surface area contributed by atoms with E-state index in [1.807, 2.05) is 6.07 Å². The molecule has 2 aliphatic rings. The molecule has 3 aromatic heterocycles. The van der Waals surface area contributed by atoms with Gasteiger partial charge >= 0.3 is 0 Å². The Balaban J connectivity index is 1.26. The van der Waals surface area contributed by atoms with Crippen LogP contribution in [0.2, 0.25) is 5.02 Å². The van der Waals surface area contributed by atoms with Crippen molar-refractivity contribution in [3.8, 4) is 16.9 Å². The molecule has 5 aromatic rings. The van der Waals surface area contributed by atoms with Crippen LogP contribution >= 0.6 is 22.9 Å². The zero-order valence-electron chi connectivity index (χ0n) is 24.4. The van der Waals surface area contributed by atoms with Crippen LogP contribution in [0, 0.1) is 0 Å². The number of hydrogen-bond acceptors (Lipinski definition) is 8. The minimum atomic E-state index is -1.03. The number of carbonyl (C=O) groups is 1. The van der Waals surface area contributed by atoms with E-state index in [9.17, 15) is 9.18 Å². The van der Waals surface area contributed by atoms with Gasteiger partial charge in [-0.25, -0.2) is 14.4 Å². The number of benzene rings is 2. The van der Waals surface area contributed by atoms with Gasteiger partial charge in [0, 0.05) is 72.7 Å². The van der Waals surface area contributed by atoms with Crippen LogP contribution in [0.4, 0.5) is 15.2 Å². The lowest BCUT2D eigenvalue weighted by Gasteiger charge is -2.35. The molecular formula is C31H32ClFN8O2S. The van der Waals surface area contributed by atoms with Crippen molar-refractivity contribution in [2.45, 2.75) is 32.1 Å². The smallest absolute Gasteiger partial charge is 0.257 e. The third-order valence-electron chi connectivity index (χ3n) is 8.51. The molecule has 10 nitrogen and oxygen atoms in total. The van der Waals surface area contributed by atoms with Gasteiger partial charge < -0.3 is 19.1 Å². The summed E-state index contributed by atoms with van der Waals surface area (Å²) in [7, 11) is 1.60. The first-order valence-electron chi connectivity index (χ1n) is 14.6. The summed E-state index contributed by atoms with van der Waals surface area (Å²) in [6, 6.07) is 9.29. The summed E-state index contributed by atoms with van der Waals surface area (Å²) in [4.78, 5) is 27.4. The number of likely N-dealkylation sites (N-methyl/N-ethyl adjacent to an activating group) is 1. The van der Waals surface area contributed by atoms with Gasteiger partial charge in [0.2, 0.25) is 0 Å². The second-order valence-electron chi connectivity index (χ2n) is 11.0. The molecule has 1 saturated heterocycles. The Labute approximate surface area is 263 Å². The number of piperazine rings is 1. The van der Waals surface area contributed by atoms with Crippen molar-refractivity contribution in [3.63, 3.8) is 0 Å². The molecule has 1 fully saturated rings. The Bertz CT molecular complexity index is 1800. The van der Waals surface area contributed by atoms with Crippen molar-refractivity contribution < 1.29 is 13.9 Å². The molecule has 0 bridgehead atoms. The molecule has 1 N–H and O–H groups in total. The molecule has 0 spiro atoms. The lowest BCUT2D eigenvalue weighted by molar-refractivity contribution is -0.118. The molecule has 0 saturated carbocycles. The number of alkyl halides is 1. The SMILES string of the molecule is CCN1CCN(c2ccc(-c3cc(Cl)c4cn(C(C(=O)Nc5nccs5)c5ncn6c5C[C@@H](F)C6)nc4c3OC)cc2)CC1. The minimum absolute atomic E-state index is 0.176. The van der Waals surface area contributed by atoms with Crippen molar-refractivity contribution in [2.75, 3.05) is 50.1 Å². The van der Waals surface area contributed by atoms with Crippen LogP contribution in [0.25, 0.3) is 22.0 Å². The number of hydrogen-bond donors (Lipinski definition) is 1. The summed E-state index contributed by atoms with van der Waals surface area (Å²) in [6.45, 7) is 7.58. The Morgan fingerprint density at radius 2 is 2.00 bits per heavy atom. The van der Waals surface area contributed by atoms with Crippen LogP contribution < -0.4 is 15.0 Å². The van der Waals surface area contributed by atoms with E-state index < -0.39 is 12.2 Å². The van der Waals surface area contributed by atoms with Gasteiger partial charge in [0.25, 0.3) is 5.91 Å². The number of carbonyl (C=O) groups excluding carboxylic acids is 1. The molecule has 13 heteroatoms. The molecule has 2 atom stereocenters. The van der Waals surface area contributed by atoms with Gasteiger partial charge in [0.1, 0.15) is 11.7 Å². The van der Waals surface area contributed by atoms with Crippen LogP contribution in [0.1, 0.15) is 24.4 Å². The van der Waals surface area contributed by atoms with Gasteiger partial charge in [-0.3, -0.25) is 14.8 Å². The largest absolute Gasteiger partial charge is 0.494 e. The van der Waals surface area contributed by atoms with Crippen molar-refractivity contribution in [2.24, 2.45) is 0 Å². The summed E-state index contributed by atoms with van der Waals surface area (Å²) < 4.78 is 23.6. The van der Waals surface area contributed by atoms with Crippen LogP contribution in [0.5, 0.6) is 5.75 Å². The number of fused-ring (bicyclic) bond motifs is 2. The molecule has 0 aliphatic carbocycles. The highest BCUT2D eigenvalue weighted by molar-refractivity contribution is 7.13. The van der Waals surface area contributed by atoms with Gasteiger partial charge in [-0.1, -0.05) is 30.7 Å². The number of imidazole rings is 1. The zero-order chi connectivity index (χ0) is 30.4. The average Bonchev–Trinajstić information content (AvgIpc) is 3.84. The Morgan fingerprint density at radius 3 is 2.70 bits per heavy atom. The van der Waals surface area contributed by atoms with Gasteiger partial charge in [0.15, 0.2) is 16.9 Å². The first-order chi connectivity index (χ1) is 21.4. The highest BCUT2D eigenvalue weighted by Crippen LogP contribution is 2.41. The lowest BCUT2D eigenvalue weighted by atomic mass is 10.0. The van der Waals surface area contributed by atoms with Gasteiger partial charge in [-0.05, 0) is 30.3 Å². The number of halogens is 2. The van der Waals surface area contributed by atoms with Gasteiger partial charge in [-0.2, -0.15) is 5.10 Å². The third-order valence-corrected chi connectivity index (χ3v) is 9.51. The van der Waals surface area contributed by atoms with Crippen LogP contribution in [0.15, 0.2) is 54.4 Å². The van der Waals surface area contributed by atoms with Crippen molar-refractivity contribution in [3.05, 3.63) is 70.8 Å². The first-order valence-corrected chi connectivity index (χ1v) is 15.9. The van der Waals surface area contributed by atoms with Crippen molar-refractivity contribution in [1.29, 1.82) is 0 Å². The third kappa shape index (κ3) is 5.20. The molecule has 2 aliphatic heterocycles. The number of anilines is 2. The molecular weight excluding hydrogens is 603 g/mol. The molecule has 44 heavy (non-hydrogen) atoms. The summed E-state index contributed by atoms with van der Waals surface area (Å²) >= 11 is 8.18. The molecule has 0 radical (unpaired) electrons. The van der Waals surface area contributed by atoms with Gasteiger partial charge in [-0.15, -0.1) is 11.3 Å². The Kier molecular flexibility index (Phi) is 7.73. The molecule has 1 amide bonds. The summed E-state index contributed by atoms with van der Waals surface area (Å²) in [5.41, 5.74) is 4.54. The monoisotopic (exact) mass is 634 g/mol. The fourth-order valence-electron chi connectivity index (χ4n) is 6.21. The zero-order valence-corrected chi connectivity index (χ0v) is 26.0. The summed E-state index contributed by atoms with van der Waals surface area (Å²) in [6.07, 6.45) is 4.06. The Hall–Kier alpha value is -4.00. The highest BCUT2D eigenvalue weighted by atomic mass is 35.5. The Morgan fingerprint density at radius 1 is 1.20 bits per heavy atom. The number of aromatic nitrogens is 5. The molecule has 7 rings (SSSR count). The van der Waals surface area contributed by atoms with Crippen molar-refractivity contribution in [1.82, 2.24) is 29.2 Å². The quantitative estimate of drug-likeness (QED) is 0.248. The number of amides is 1. The van der Waals surface area contributed by atoms with E-state index in [-0.39, 0.29) is 18.9 Å². The maximum absolute atomic E-state index is 14.4. The maximum Gasteiger partial charge on any atom is 0.257 e. The topological polar surface area (TPSA) is 93.3 Å². The molecule has 2 aromatic carbocycles. The predicted molar refractivity (Wildman–Crippen MR) is 171 cm³/mol. The van der Waals surface area contributed by atoms with Crippen LogP contribution in [-0.4, -0.2) is 81.1 Å². The van der Waals surface area contributed by atoms with Gasteiger partial charge in [0.05, 0.1) is 30.7 Å². The first kappa shape index (κ1) is 28.8. The normalized spacial score (nSPS) is 17.6.